The van der Waals surface area contributed by atoms with Crippen molar-refractivity contribution < 1.29 is 28.2 Å². The van der Waals surface area contributed by atoms with Crippen LogP contribution in [0.2, 0.25) is 0 Å². The maximum atomic E-state index is 10.5. The van der Waals surface area contributed by atoms with Crippen molar-refractivity contribution in [2.24, 2.45) is 0 Å². The van der Waals surface area contributed by atoms with Crippen molar-refractivity contribution >= 4 is 8.25 Å². The quantitative estimate of drug-likeness (QED) is 0.382. The van der Waals surface area contributed by atoms with Crippen LogP contribution in [0, 0.1) is 0 Å². The average molecular weight is 267 g/mol. The minimum absolute atomic E-state index is 0.194. The van der Waals surface area contributed by atoms with Crippen LogP contribution in [-0.2, 0) is 23.3 Å². The molecule has 0 saturated heterocycles. The summed E-state index contributed by atoms with van der Waals surface area (Å²) in [6.07, 6.45) is 1.42. The van der Waals surface area contributed by atoms with Gasteiger partial charge in [-0.3, -0.25) is 14.0 Å². The number of hydrogen-bond acceptors (Lipinski definition) is 6. The Kier molecular flexibility index (Phi) is 8.31. The summed E-state index contributed by atoms with van der Waals surface area (Å²) in [6.45, 7) is 5.62. The molecule has 0 spiro atoms. The fraction of sp³-hybridized carbons (Fsp3) is 0.556. The Morgan fingerprint density at radius 3 is 2.53 bits per heavy atom. The summed E-state index contributed by atoms with van der Waals surface area (Å²) < 4.78 is 30.0. The van der Waals surface area contributed by atoms with Crippen molar-refractivity contribution in [1.29, 1.82) is 0 Å². The van der Waals surface area contributed by atoms with Crippen molar-refractivity contribution in [2.75, 3.05) is 27.6 Å². The minimum atomic E-state index is -3.02. The topological polar surface area (TPSA) is 77.5 Å². The van der Waals surface area contributed by atoms with Crippen LogP contribution in [0.25, 0.3) is 0 Å². The normalized spacial score (nSPS) is 12.8. The second-order valence-electron chi connectivity index (χ2n) is 2.69. The third-order valence-electron chi connectivity index (χ3n) is 1.63. The third-order valence-corrected chi connectivity index (χ3v) is 2.01. The van der Waals surface area contributed by atoms with Crippen molar-refractivity contribution in [3.8, 4) is 0 Å². The Morgan fingerprint density at radius 1 is 1.47 bits per heavy atom. The highest BCUT2D eigenvalue weighted by Crippen LogP contribution is 2.17. The first kappa shape index (κ1) is 15.8. The first-order valence-electron chi connectivity index (χ1n) is 4.79. The molecule has 100 valence electrons. The molecular formula is C9H18NO6P. The monoisotopic (exact) mass is 267 g/mol. The molecule has 0 radical (unpaired) electrons. The van der Waals surface area contributed by atoms with E-state index in [1.54, 1.807) is 6.92 Å². The van der Waals surface area contributed by atoms with Crippen LogP contribution >= 0.6 is 8.25 Å². The zero-order chi connectivity index (χ0) is 13.3. The molecule has 1 unspecified atom stereocenters. The van der Waals surface area contributed by atoms with E-state index in [0.717, 1.165) is 0 Å². The van der Waals surface area contributed by atoms with Gasteiger partial charge in [0.15, 0.2) is 5.88 Å². The summed E-state index contributed by atoms with van der Waals surface area (Å²) in [7, 11) is -0.173. The molecule has 7 nitrogen and oxygen atoms in total. The van der Waals surface area contributed by atoms with E-state index in [0.29, 0.717) is 6.61 Å². The van der Waals surface area contributed by atoms with Gasteiger partial charge in [-0.1, -0.05) is 0 Å². The maximum Gasteiger partial charge on any atom is 0.318 e. The van der Waals surface area contributed by atoms with Gasteiger partial charge in [0.25, 0.3) is 5.95 Å². The molecule has 0 aliphatic rings. The lowest BCUT2D eigenvalue weighted by Crippen LogP contribution is -2.20. The molecule has 1 atom stereocenters. The Balaban J connectivity index is 4.65. The van der Waals surface area contributed by atoms with Crippen LogP contribution in [0.5, 0.6) is 0 Å². The second kappa shape index (κ2) is 8.92. The van der Waals surface area contributed by atoms with Gasteiger partial charge in [-0.25, -0.2) is 0 Å². The van der Waals surface area contributed by atoms with Gasteiger partial charge in [0.05, 0.1) is 27.0 Å². The van der Waals surface area contributed by atoms with Crippen LogP contribution in [0.4, 0.5) is 0 Å². The number of hydrogen-bond donors (Lipinski definition) is 1. The largest absolute Gasteiger partial charge is 0.483 e. The smallest absolute Gasteiger partial charge is 0.318 e. The highest BCUT2D eigenvalue weighted by atomic mass is 31.1. The lowest BCUT2D eigenvalue weighted by atomic mass is 10.6. The van der Waals surface area contributed by atoms with E-state index < -0.39 is 8.25 Å². The molecule has 0 amide bonds. The molecule has 0 aliphatic heterocycles. The molecule has 0 bridgehead atoms. The van der Waals surface area contributed by atoms with Crippen LogP contribution in [0.3, 0.4) is 0 Å². The van der Waals surface area contributed by atoms with E-state index in [9.17, 15) is 4.57 Å². The van der Waals surface area contributed by atoms with Gasteiger partial charge in [-0.15, -0.1) is 0 Å². The summed E-state index contributed by atoms with van der Waals surface area (Å²) in [5.74, 6) is 0.439. The summed E-state index contributed by atoms with van der Waals surface area (Å²) in [5, 5.41) is 0. The van der Waals surface area contributed by atoms with Gasteiger partial charge in [0, 0.05) is 0 Å². The molecule has 0 saturated carbocycles. The van der Waals surface area contributed by atoms with Gasteiger partial charge in [-0.05, 0) is 13.5 Å². The molecule has 0 aromatic rings. The van der Waals surface area contributed by atoms with E-state index in [1.165, 1.54) is 25.3 Å². The maximum absolute atomic E-state index is 10.5. The van der Waals surface area contributed by atoms with E-state index in [4.69, 9.17) is 19.1 Å². The zero-order valence-electron chi connectivity index (χ0n) is 10.1. The Hall–Kier alpha value is -1.17. The van der Waals surface area contributed by atoms with Crippen molar-refractivity contribution in [2.45, 2.75) is 6.92 Å². The SMILES string of the molecule is C=C(OC)N(C=C(OC)OCC)CO[PH](=O)O. The van der Waals surface area contributed by atoms with Gasteiger partial charge in [0.2, 0.25) is 0 Å². The standard InChI is InChI=1S/C9H18NO6P/c1-5-15-9(14-4)6-10(8(2)13-3)7-16-17(11)12/h6,17H,2,5,7H2,1,3-4H3,(H,11,12). The second-order valence-corrected chi connectivity index (χ2v) is 3.51. The van der Waals surface area contributed by atoms with Crippen molar-refractivity contribution in [1.82, 2.24) is 4.90 Å². The van der Waals surface area contributed by atoms with E-state index in [2.05, 4.69) is 11.1 Å². The minimum Gasteiger partial charge on any atom is -0.483 e. The summed E-state index contributed by atoms with van der Waals surface area (Å²) in [4.78, 5) is 9.93. The third kappa shape index (κ3) is 6.88. The molecule has 0 aromatic heterocycles. The van der Waals surface area contributed by atoms with Crippen molar-refractivity contribution in [3.05, 3.63) is 24.6 Å². The fourth-order valence-electron chi connectivity index (χ4n) is 0.842. The molecule has 0 rings (SSSR count). The molecular weight excluding hydrogens is 249 g/mol. The highest BCUT2D eigenvalue weighted by molar-refractivity contribution is 7.32. The van der Waals surface area contributed by atoms with Crippen LogP contribution < -0.4 is 0 Å². The van der Waals surface area contributed by atoms with Crippen molar-refractivity contribution in [3.63, 3.8) is 0 Å². The van der Waals surface area contributed by atoms with Crippen LogP contribution in [0.15, 0.2) is 24.6 Å². The van der Waals surface area contributed by atoms with Gasteiger partial charge in [-0.2, -0.15) is 0 Å². The number of methoxy groups -OCH3 is 2. The molecule has 0 aromatic carbocycles. The van der Waals surface area contributed by atoms with Gasteiger partial charge < -0.3 is 19.1 Å². The predicted molar refractivity (Wildman–Crippen MR) is 61.9 cm³/mol. The van der Waals surface area contributed by atoms with Gasteiger partial charge in [0.1, 0.15) is 6.73 Å². The number of rotatable bonds is 9. The molecule has 0 fully saturated rings. The molecule has 17 heavy (non-hydrogen) atoms. The van der Waals surface area contributed by atoms with Gasteiger partial charge >= 0.3 is 8.25 Å². The van der Waals surface area contributed by atoms with E-state index >= 15 is 0 Å². The first-order valence-corrected chi connectivity index (χ1v) is 6.05. The average Bonchev–Trinajstić information content (AvgIpc) is 2.31. The Bertz CT molecular complexity index is 293. The fourth-order valence-corrected chi connectivity index (χ4v) is 1.09. The Labute approximate surface area is 101 Å². The summed E-state index contributed by atoms with van der Waals surface area (Å²) in [6, 6.07) is 0. The summed E-state index contributed by atoms with van der Waals surface area (Å²) >= 11 is 0. The molecule has 0 aliphatic carbocycles. The summed E-state index contributed by atoms with van der Waals surface area (Å²) in [5.41, 5.74) is 0. The Morgan fingerprint density at radius 2 is 2.12 bits per heavy atom. The zero-order valence-corrected chi connectivity index (χ0v) is 11.1. The lowest BCUT2D eigenvalue weighted by molar-refractivity contribution is 0.0504. The van der Waals surface area contributed by atoms with E-state index in [-0.39, 0.29) is 18.6 Å². The number of nitrogens with zero attached hydrogens (tertiary/aromatic N) is 1. The number of ether oxygens (including phenoxy) is 3. The first-order chi connectivity index (χ1) is 8.04. The molecule has 1 N–H and O–H groups in total. The predicted octanol–water partition coefficient (Wildman–Crippen LogP) is 1.24. The lowest BCUT2D eigenvalue weighted by Gasteiger charge is -2.21. The van der Waals surface area contributed by atoms with Crippen LogP contribution in [0.1, 0.15) is 6.92 Å². The molecule has 8 heteroatoms. The van der Waals surface area contributed by atoms with Crippen LogP contribution in [-0.4, -0.2) is 37.4 Å². The highest BCUT2D eigenvalue weighted by Gasteiger charge is 2.09. The molecule has 0 heterocycles. The van der Waals surface area contributed by atoms with E-state index in [1.807, 2.05) is 0 Å².